The van der Waals surface area contributed by atoms with Crippen molar-refractivity contribution in [2.75, 3.05) is 0 Å². The molecule has 1 aliphatic heterocycles. The van der Waals surface area contributed by atoms with E-state index in [0.29, 0.717) is 5.82 Å². The maximum Gasteiger partial charge on any atom is 0.160 e. The van der Waals surface area contributed by atoms with Crippen molar-refractivity contribution in [3.05, 3.63) is 216 Å². The number of thiophene rings is 1. The van der Waals surface area contributed by atoms with Gasteiger partial charge in [0.15, 0.2) is 5.82 Å². The number of hydrogen-bond acceptors (Lipinski definition) is 5. The number of rotatable bonds is 3. The van der Waals surface area contributed by atoms with E-state index < -0.39 is 5.41 Å². The van der Waals surface area contributed by atoms with Gasteiger partial charge in [0.2, 0.25) is 0 Å². The number of hydrogen-bond donors (Lipinski definition) is 0. The van der Waals surface area contributed by atoms with Crippen LogP contribution in [0.5, 0.6) is 11.5 Å². The Morgan fingerprint density at radius 2 is 1.11 bits per heavy atom. The minimum Gasteiger partial charge on any atom is -0.457 e. The molecule has 288 valence electrons. The molecule has 0 fully saturated rings. The van der Waals surface area contributed by atoms with Crippen molar-refractivity contribution in [3.8, 4) is 56.4 Å². The summed E-state index contributed by atoms with van der Waals surface area (Å²) in [6, 6.07) is 69.5. The second-order valence-corrected chi connectivity index (χ2v) is 17.4. The van der Waals surface area contributed by atoms with Gasteiger partial charge in [0.05, 0.1) is 21.3 Å². The molecule has 62 heavy (non-hydrogen) atoms. The van der Waals surface area contributed by atoms with Crippen LogP contribution in [0.25, 0.3) is 97.9 Å². The minimum atomic E-state index is -0.541. The fourth-order valence-electron chi connectivity index (χ4n) is 10.4. The van der Waals surface area contributed by atoms with Crippen LogP contribution in [0.1, 0.15) is 22.3 Å². The SMILES string of the molecule is c1ccc(-c2nc(-c3cccc4c3oc3ccc(-c5ccc6c(c5)-c5cc7ccccc7cc5C65c6ccccc6Oc6ccccc65)cc34)c3sc4ccccc4c3n2)cc1. The molecule has 1 spiro atoms. The summed E-state index contributed by atoms with van der Waals surface area (Å²) in [7, 11) is 0. The summed E-state index contributed by atoms with van der Waals surface area (Å²) >= 11 is 1.73. The Labute approximate surface area is 360 Å². The van der Waals surface area contributed by atoms with E-state index in [2.05, 4.69) is 176 Å². The molecule has 0 N–H and O–H groups in total. The lowest BCUT2D eigenvalue weighted by atomic mass is 9.66. The fraction of sp³-hybridized carbons (Fsp3) is 0.0175. The predicted molar refractivity (Wildman–Crippen MR) is 253 cm³/mol. The molecule has 3 aromatic heterocycles. The van der Waals surface area contributed by atoms with Gasteiger partial charge in [-0.15, -0.1) is 11.3 Å². The first-order chi connectivity index (χ1) is 30.7. The number of benzene rings is 9. The van der Waals surface area contributed by atoms with Crippen LogP contribution in [0.4, 0.5) is 0 Å². The Bertz CT molecular complexity index is 3820. The lowest BCUT2D eigenvalue weighted by Crippen LogP contribution is -2.32. The third kappa shape index (κ3) is 4.60. The minimum absolute atomic E-state index is 0.541. The normalized spacial score (nSPS) is 13.4. The average molecular weight is 809 g/mol. The summed E-state index contributed by atoms with van der Waals surface area (Å²) in [4.78, 5) is 10.4. The summed E-state index contributed by atoms with van der Waals surface area (Å²) in [5.74, 6) is 2.49. The monoisotopic (exact) mass is 808 g/mol. The van der Waals surface area contributed by atoms with Crippen molar-refractivity contribution in [2.45, 2.75) is 5.41 Å². The first kappa shape index (κ1) is 33.9. The second kappa shape index (κ2) is 12.6. The quantitative estimate of drug-likeness (QED) is 0.178. The van der Waals surface area contributed by atoms with Crippen LogP contribution in [0.3, 0.4) is 0 Å². The zero-order valence-electron chi connectivity index (χ0n) is 33.1. The zero-order valence-corrected chi connectivity index (χ0v) is 33.9. The molecule has 0 atom stereocenters. The maximum atomic E-state index is 6.83. The van der Waals surface area contributed by atoms with E-state index in [1.807, 2.05) is 18.2 Å². The summed E-state index contributed by atoms with van der Waals surface area (Å²) in [5.41, 5.74) is 14.5. The van der Waals surface area contributed by atoms with E-state index in [9.17, 15) is 0 Å². The third-order valence-electron chi connectivity index (χ3n) is 13.1. The van der Waals surface area contributed by atoms with Gasteiger partial charge >= 0.3 is 0 Å². The first-order valence-corrected chi connectivity index (χ1v) is 21.8. The topological polar surface area (TPSA) is 48.2 Å². The average Bonchev–Trinajstić information content (AvgIpc) is 3.99. The molecular formula is C57H32N2O2S. The van der Waals surface area contributed by atoms with Gasteiger partial charge < -0.3 is 9.15 Å². The van der Waals surface area contributed by atoms with Gasteiger partial charge in [0.1, 0.15) is 22.7 Å². The summed E-state index contributed by atoms with van der Waals surface area (Å²) in [5, 5.41) is 5.71. The summed E-state index contributed by atoms with van der Waals surface area (Å²) in [6.07, 6.45) is 0. The molecule has 5 heteroatoms. The van der Waals surface area contributed by atoms with Crippen LogP contribution in [0.2, 0.25) is 0 Å². The summed E-state index contributed by atoms with van der Waals surface area (Å²) < 4.78 is 15.7. The second-order valence-electron chi connectivity index (χ2n) is 16.4. The van der Waals surface area contributed by atoms with E-state index in [1.165, 1.54) is 37.7 Å². The highest BCUT2D eigenvalue weighted by atomic mass is 32.1. The van der Waals surface area contributed by atoms with Gasteiger partial charge in [0, 0.05) is 43.1 Å². The number of aromatic nitrogens is 2. The van der Waals surface area contributed by atoms with Crippen LogP contribution in [-0.4, -0.2) is 9.97 Å². The van der Waals surface area contributed by atoms with Crippen molar-refractivity contribution >= 4 is 64.4 Å². The van der Waals surface area contributed by atoms with Gasteiger partial charge in [-0.05, 0) is 98.8 Å². The van der Waals surface area contributed by atoms with Crippen LogP contribution >= 0.6 is 11.3 Å². The molecular weight excluding hydrogens is 777 g/mol. The Morgan fingerprint density at radius 1 is 0.435 bits per heavy atom. The van der Waals surface area contributed by atoms with Crippen molar-refractivity contribution in [1.29, 1.82) is 0 Å². The largest absolute Gasteiger partial charge is 0.457 e. The zero-order chi connectivity index (χ0) is 40.5. The number of nitrogens with zero attached hydrogens (tertiary/aromatic N) is 2. The van der Waals surface area contributed by atoms with E-state index in [-0.39, 0.29) is 0 Å². The number of para-hydroxylation sites is 3. The van der Waals surface area contributed by atoms with Gasteiger partial charge in [-0.25, -0.2) is 9.97 Å². The maximum absolute atomic E-state index is 6.83. The molecule has 12 aromatic rings. The molecule has 1 aliphatic carbocycles. The lowest BCUT2D eigenvalue weighted by Gasteiger charge is -2.39. The van der Waals surface area contributed by atoms with Crippen molar-refractivity contribution in [2.24, 2.45) is 0 Å². The van der Waals surface area contributed by atoms with E-state index in [0.717, 1.165) is 88.1 Å². The molecule has 14 rings (SSSR count). The van der Waals surface area contributed by atoms with Crippen LogP contribution in [-0.2, 0) is 5.41 Å². The van der Waals surface area contributed by atoms with Crippen molar-refractivity contribution in [1.82, 2.24) is 9.97 Å². The Morgan fingerprint density at radius 3 is 1.95 bits per heavy atom. The Kier molecular flexibility index (Phi) is 6.88. The highest BCUT2D eigenvalue weighted by molar-refractivity contribution is 7.26. The predicted octanol–water partition coefficient (Wildman–Crippen LogP) is 15.4. The van der Waals surface area contributed by atoms with Crippen molar-refractivity contribution < 1.29 is 9.15 Å². The molecule has 0 saturated heterocycles. The van der Waals surface area contributed by atoms with Crippen LogP contribution in [0.15, 0.2) is 199 Å². The molecule has 0 saturated carbocycles. The molecule has 9 aromatic carbocycles. The van der Waals surface area contributed by atoms with Gasteiger partial charge in [-0.1, -0.05) is 140 Å². The molecule has 4 nitrogen and oxygen atoms in total. The molecule has 0 radical (unpaired) electrons. The smallest absolute Gasteiger partial charge is 0.160 e. The third-order valence-corrected chi connectivity index (χ3v) is 14.3. The molecule has 0 amide bonds. The van der Waals surface area contributed by atoms with Gasteiger partial charge in [0.25, 0.3) is 0 Å². The molecule has 4 heterocycles. The number of fused-ring (bicyclic) bond motifs is 16. The van der Waals surface area contributed by atoms with Crippen LogP contribution in [0, 0.1) is 0 Å². The number of ether oxygens (including phenoxy) is 1. The Hall–Kier alpha value is -7.86. The lowest BCUT2D eigenvalue weighted by molar-refractivity contribution is 0.436. The number of furan rings is 1. The van der Waals surface area contributed by atoms with Crippen LogP contribution < -0.4 is 4.74 Å². The van der Waals surface area contributed by atoms with Gasteiger partial charge in [-0.3, -0.25) is 0 Å². The molecule has 2 aliphatic rings. The highest BCUT2D eigenvalue weighted by Crippen LogP contribution is 2.63. The molecule has 0 bridgehead atoms. The van der Waals surface area contributed by atoms with Gasteiger partial charge in [-0.2, -0.15) is 0 Å². The summed E-state index contributed by atoms with van der Waals surface area (Å²) in [6.45, 7) is 0. The molecule has 0 unspecified atom stereocenters. The first-order valence-electron chi connectivity index (χ1n) is 21.0. The highest BCUT2D eigenvalue weighted by Gasteiger charge is 2.51. The van der Waals surface area contributed by atoms with E-state index >= 15 is 0 Å². The van der Waals surface area contributed by atoms with E-state index in [1.54, 1.807) is 11.3 Å². The van der Waals surface area contributed by atoms with Crippen molar-refractivity contribution in [3.63, 3.8) is 0 Å². The van der Waals surface area contributed by atoms with E-state index in [4.69, 9.17) is 19.1 Å². The fourth-order valence-corrected chi connectivity index (χ4v) is 11.6. The Balaban J connectivity index is 0.970. The standard InChI is InChI=1S/C57H32N2O2S/c1-2-13-33(14-3-1)56-58-52-39-17-6-11-24-51(39)62-55(52)53(59-56)40-19-12-18-38-43-31-37(26-28-48(43)61-54(38)40)36-25-27-44-41(30-36)42-29-34-15-4-5-16-35(34)32-47(42)57(44)45-20-7-9-22-49(45)60-50-23-10-8-21-46(50)57/h1-32H.